The summed E-state index contributed by atoms with van der Waals surface area (Å²) < 4.78 is 13.8. The molecule has 1 aromatic heterocycles. The average molecular weight is 192 g/mol. The van der Waals surface area contributed by atoms with Crippen LogP contribution in [0.2, 0.25) is 0 Å². The molecule has 0 saturated carbocycles. The normalized spacial score (nSPS) is 10.9. The van der Waals surface area contributed by atoms with E-state index in [-0.39, 0.29) is 6.67 Å². The van der Waals surface area contributed by atoms with Gasteiger partial charge in [0.2, 0.25) is 0 Å². The summed E-state index contributed by atoms with van der Waals surface area (Å²) in [5.74, 6) is 0. The zero-order valence-corrected chi connectivity index (χ0v) is 7.99. The molecule has 1 aromatic carbocycles. The molecule has 0 atom stereocenters. The summed E-state index contributed by atoms with van der Waals surface area (Å²) in [6.45, 7) is 0.566. The first-order valence-corrected chi connectivity index (χ1v) is 4.88. The van der Waals surface area contributed by atoms with E-state index in [2.05, 4.69) is 5.10 Å². The van der Waals surface area contributed by atoms with Gasteiger partial charge in [0.25, 0.3) is 0 Å². The van der Waals surface area contributed by atoms with Crippen molar-refractivity contribution in [2.24, 2.45) is 0 Å². The van der Waals surface area contributed by atoms with Crippen molar-refractivity contribution in [2.45, 2.75) is 19.4 Å². The lowest BCUT2D eigenvalue weighted by atomic mass is 10.2. The Morgan fingerprint density at radius 1 is 1.21 bits per heavy atom. The highest BCUT2D eigenvalue weighted by Gasteiger charge is 2.00. The van der Waals surface area contributed by atoms with Gasteiger partial charge in [0.1, 0.15) is 0 Å². The highest BCUT2D eigenvalue weighted by molar-refractivity contribution is 5.78. The number of benzene rings is 1. The number of aryl methyl sites for hydroxylation is 1. The highest BCUT2D eigenvalue weighted by Crippen LogP contribution is 2.13. The molecule has 0 aliphatic carbocycles. The Kier molecular flexibility index (Phi) is 2.77. The van der Waals surface area contributed by atoms with Gasteiger partial charge in [0.15, 0.2) is 0 Å². The monoisotopic (exact) mass is 192 g/mol. The Labute approximate surface area is 82.3 Å². The second kappa shape index (κ2) is 4.22. The molecule has 0 amide bonds. The van der Waals surface area contributed by atoms with Crippen molar-refractivity contribution in [1.29, 1.82) is 0 Å². The number of alkyl halides is 1. The summed E-state index contributed by atoms with van der Waals surface area (Å²) in [7, 11) is 0. The minimum Gasteiger partial charge on any atom is -0.265 e. The number of nitrogens with zero attached hydrogens (tertiary/aromatic N) is 2. The molecular weight excluding hydrogens is 179 g/mol. The number of para-hydroxylation sites is 1. The van der Waals surface area contributed by atoms with Crippen molar-refractivity contribution in [3.05, 3.63) is 30.5 Å². The SMILES string of the molecule is FCCCCn1ncc2ccccc21. The lowest BCUT2D eigenvalue weighted by Crippen LogP contribution is -1.99. The van der Waals surface area contributed by atoms with E-state index in [9.17, 15) is 4.39 Å². The Bertz CT molecular complexity index is 408. The number of halogens is 1. The van der Waals surface area contributed by atoms with Crippen LogP contribution < -0.4 is 0 Å². The maximum atomic E-state index is 11.9. The lowest BCUT2D eigenvalue weighted by Gasteiger charge is -2.01. The molecular formula is C11H13FN2. The molecule has 0 fully saturated rings. The fraction of sp³-hybridized carbons (Fsp3) is 0.364. The number of aromatic nitrogens is 2. The van der Waals surface area contributed by atoms with E-state index in [1.807, 2.05) is 35.1 Å². The smallest absolute Gasteiger partial charge is 0.0895 e. The maximum Gasteiger partial charge on any atom is 0.0895 e. The highest BCUT2D eigenvalue weighted by atomic mass is 19.1. The summed E-state index contributed by atoms with van der Waals surface area (Å²) in [5.41, 5.74) is 1.13. The first-order valence-electron chi connectivity index (χ1n) is 4.88. The lowest BCUT2D eigenvalue weighted by molar-refractivity contribution is 0.442. The van der Waals surface area contributed by atoms with Crippen LogP contribution in [0.5, 0.6) is 0 Å². The Morgan fingerprint density at radius 2 is 2.07 bits per heavy atom. The molecule has 0 radical (unpaired) electrons. The summed E-state index contributed by atoms with van der Waals surface area (Å²) in [6.07, 6.45) is 3.32. The van der Waals surface area contributed by atoms with Crippen molar-refractivity contribution in [3.8, 4) is 0 Å². The van der Waals surface area contributed by atoms with E-state index in [0.29, 0.717) is 6.42 Å². The van der Waals surface area contributed by atoms with Crippen LogP contribution in [-0.2, 0) is 6.54 Å². The van der Waals surface area contributed by atoms with Crippen molar-refractivity contribution in [2.75, 3.05) is 6.67 Å². The molecule has 0 spiro atoms. The zero-order chi connectivity index (χ0) is 9.80. The predicted octanol–water partition coefficient (Wildman–Crippen LogP) is 2.79. The first kappa shape index (κ1) is 9.19. The van der Waals surface area contributed by atoms with Gasteiger partial charge < -0.3 is 0 Å². The predicted molar refractivity (Wildman–Crippen MR) is 54.9 cm³/mol. The molecule has 0 N–H and O–H groups in total. The molecule has 14 heavy (non-hydrogen) atoms. The van der Waals surface area contributed by atoms with Crippen molar-refractivity contribution in [1.82, 2.24) is 9.78 Å². The molecule has 2 aromatic rings. The number of unbranched alkanes of at least 4 members (excludes halogenated alkanes) is 1. The minimum atomic E-state index is -0.237. The van der Waals surface area contributed by atoms with E-state index in [1.54, 1.807) is 0 Å². The fourth-order valence-electron chi connectivity index (χ4n) is 1.56. The van der Waals surface area contributed by atoms with Gasteiger partial charge in [-0.25, -0.2) is 0 Å². The van der Waals surface area contributed by atoms with Gasteiger partial charge in [-0.3, -0.25) is 9.07 Å². The molecule has 2 rings (SSSR count). The van der Waals surface area contributed by atoms with E-state index in [1.165, 1.54) is 0 Å². The Hall–Kier alpha value is -1.38. The van der Waals surface area contributed by atoms with Crippen LogP contribution in [0.25, 0.3) is 10.9 Å². The Morgan fingerprint density at radius 3 is 2.93 bits per heavy atom. The molecule has 0 aliphatic heterocycles. The second-order valence-electron chi connectivity index (χ2n) is 3.32. The summed E-state index contributed by atoms with van der Waals surface area (Å²) in [5, 5.41) is 5.41. The number of rotatable bonds is 4. The first-order chi connectivity index (χ1) is 6.92. The second-order valence-corrected chi connectivity index (χ2v) is 3.32. The third-order valence-electron chi connectivity index (χ3n) is 2.30. The third kappa shape index (κ3) is 1.76. The average Bonchev–Trinajstić information content (AvgIpc) is 2.63. The number of hydrogen-bond acceptors (Lipinski definition) is 1. The molecule has 2 nitrogen and oxygen atoms in total. The van der Waals surface area contributed by atoms with Gasteiger partial charge in [0.05, 0.1) is 18.4 Å². The van der Waals surface area contributed by atoms with Crippen molar-refractivity contribution >= 4 is 10.9 Å². The van der Waals surface area contributed by atoms with Gasteiger partial charge in [-0.05, 0) is 18.9 Å². The third-order valence-corrected chi connectivity index (χ3v) is 2.30. The quantitative estimate of drug-likeness (QED) is 0.681. The summed E-state index contributed by atoms with van der Waals surface area (Å²) in [4.78, 5) is 0. The van der Waals surface area contributed by atoms with E-state index in [0.717, 1.165) is 23.9 Å². The van der Waals surface area contributed by atoms with Crippen LogP contribution in [0.4, 0.5) is 4.39 Å². The summed E-state index contributed by atoms with van der Waals surface area (Å²) >= 11 is 0. The molecule has 0 saturated heterocycles. The van der Waals surface area contributed by atoms with Gasteiger partial charge in [-0.15, -0.1) is 0 Å². The van der Waals surface area contributed by atoms with Gasteiger partial charge in [-0.2, -0.15) is 5.10 Å². The molecule has 0 aliphatic rings. The summed E-state index contributed by atoms with van der Waals surface area (Å²) in [6, 6.07) is 8.07. The largest absolute Gasteiger partial charge is 0.265 e. The zero-order valence-electron chi connectivity index (χ0n) is 7.99. The van der Waals surface area contributed by atoms with Crippen LogP contribution in [-0.4, -0.2) is 16.5 Å². The van der Waals surface area contributed by atoms with Crippen LogP contribution in [0.3, 0.4) is 0 Å². The number of fused-ring (bicyclic) bond motifs is 1. The van der Waals surface area contributed by atoms with Crippen LogP contribution in [0.1, 0.15) is 12.8 Å². The van der Waals surface area contributed by atoms with Crippen molar-refractivity contribution in [3.63, 3.8) is 0 Å². The van der Waals surface area contributed by atoms with E-state index < -0.39 is 0 Å². The number of hydrogen-bond donors (Lipinski definition) is 0. The molecule has 74 valence electrons. The fourth-order valence-corrected chi connectivity index (χ4v) is 1.56. The van der Waals surface area contributed by atoms with E-state index in [4.69, 9.17) is 0 Å². The Balaban J connectivity index is 2.17. The van der Waals surface area contributed by atoms with Crippen LogP contribution in [0, 0.1) is 0 Å². The van der Waals surface area contributed by atoms with Crippen LogP contribution >= 0.6 is 0 Å². The van der Waals surface area contributed by atoms with Gasteiger partial charge in [-0.1, -0.05) is 18.2 Å². The maximum absolute atomic E-state index is 11.9. The van der Waals surface area contributed by atoms with Crippen molar-refractivity contribution < 1.29 is 4.39 Å². The molecule has 3 heteroatoms. The minimum absolute atomic E-state index is 0.237. The topological polar surface area (TPSA) is 17.8 Å². The van der Waals surface area contributed by atoms with E-state index >= 15 is 0 Å². The van der Waals surface area contributed by atoms with Gasteiger partial charge >= 0.3 is 0 Å². The molecule has 0 bridgehead atoms. The van der Waals surface area contributed by atoms with Gasteiger partial charge in [0, 0.05) is 11.9 Å². The molecule has 1 heterocycles. The molecule has 0 unspecified atom stereocenters. The van der Waals surface area contributed by atoms with Crippen LogP contribution in [0.15, 0.2) is 30.5 Å². The standard InChI is InChI=1S/C11H13FN2/c12-7-3-4-8-14-11-6-2-1-5-10(11)9-13-14/h1-2,5-6,9H,3-4,7-8H2.